The maximum absolute atomic E-state index is 13.1. The number of amides is 2. The minimum atomic E-state index is 0.163. The Balaban J connectivity index is 1.52. The highest BCUT2D eigenvalue weighted by Crippen LogP contribution is 2.28. The fourth-order valence-electron chi connectivity index (χ4n) is 4.50. The molecular formula is C23H34N2O2. The van der Waals surface area contributed by atoms with Crippen LogP contribution in [-0.2, 0) is 9.59 Å². The van der Waals surface area contributed by atoms with Crippen LogP contribution in [0.4, 0.5) is 5.69 Å². The van der Waals surface area contributed by atoms with Gasteiger partial charge in [-0.2, -0.15) is 0 Å². The fraction of sp³-hybridized carbons (Fsp3) is 0.652. The van der Waals surface area contributed by atoms with Gasteiger partial charge in [0.1, 0.15) is 0 Å². The van der Waals surface area contributed by atoms with Crippen LogP contribution in [0.25, 0.3) is 0 Å². The number of carbonyl (C=O) groups excluding carboxylic acids is 2. The van der Waals surface area contributed by atoms with Gasteiger partial charge in [0.2, 0.25) is 11.8 Å². The lowest BCUT2D eigenvalue weighted by atomic mass is 9.88. The molecule has 1 N–H and O–H groups in total. The molecule has 0 radical (unpaired) electrons. The predicted molar refractivity (Wildman–Crippen MR) is 110 cm³/mol. The normalized spacial score (nSPS) is 18.8. The lowest BCUT2D eigenvalue weighted by molar-refractivity contribution is -0.125. The van der Waals surface area contributed by atoms with Crippen molar-refractivity contribution in [1.29, 1.82) is 0 Å². The summed E-state index contributed by atoms with van der Waals surface area (Å²) in [5.41, 5.74) is 0.978. The molecule has 0 unspecified atom stereocenters. The first-order valence-corrected chi connectivity index (χ1v) is 10.9. The predicted octanol–water partition coefficient (Wildman–Crippen LogP) is 4.69. The Morgan fingerprint density at radius 1 is 0.852 bits per heavy atom. The minimum absolute atomic E-state index is 0.163. The summed E-state index contributed by atoms with van der Waals surface area (Å²) in [7, 11) is 0. The molecule has 148 valence electrons. The van der Waals surface area contributed by atoms with Crippen LogP contribution in [0.15, 0.2) is 30.3 Å². The molecule has 2 aliphatic rings. The SMILES string of the molecule is O=C(NCCCN(C(=O)C1CCCCC1)c1ccccc1)C1CCCCC1. The third-order valence-electron chi connectivity index (χ3n) is 6.12. The Labute approximate surface area is 163 Å². The number of rotatable bonds is 7. The molecule has 0 bridgehead atoms. The summed E-state index contributed by atoms with van der Waals surface area (Å²) >= 11 is 0. The van der Waals surface area contributed by atoms with Gasteiger partial charge in [0.15, 0.2) is 0 Å². The molecule has 0 heterocycles. The van der Waals surface area contributed by atoms with E-state index in [2.05, 4.69) is 5.32 Å². The number of benzene rings is 1. The highest BCUT2D eigenvalue weighted by atomic mass is 16.2. The monoisotopic (exact) mass is 370 g/mol. The maximum atomic E-state index is 13.1. The molecule has 0 aromatic heterocycles. The first-order valence-electron chi connectivity index (χ1n) is 10.9. The van der Waals surface area contributed by atoms with Crippen molar-refractivity contribution in [2.45, 2.75) is 70.6 Å². The summed E-state index contributed by atoms with van der Waals surface area (Å²) in [6, 6.07) is 9.99. The van der Waals surface area contributed by atoms with Crippen molar-refractivity contribution in [2.24, 2.45) is 11.8 Å². The Morgan fingerprint density at radius 2 is 1.44 bits per heavy atom. The zero-order valence-electron chi connectivity index (χ0n) is 16.5. The van der Waals surface area contributed by atoms with Crippen molar-refractivity contribution in [3.05, 3.63) is 30.3 Å². The van der Waals surface area contributed by atoms with Gasteiger partial charge in [0.25, 0.3) is 0 Å². The second-order valence-electron chi connectivity index (χ2n) is 8.14. The summed E-state index contributed by atoms with van der Waals surface area (Å²) in [5, 5.41) is 3.10. The number of anilines is 1. The van der Waals surface area contributed by atoms with E-state index in [4.69, 9.17) is 0 Å². The van der Waals surface area contributed by atoms with E-state index in [0.29, 0.717) is 13.1 Å². The van der Waals surface area contributed by atoms with Gasteiger partial charge in [-0.25, -0.2) is 0 Å². The summed E-state index contributed by atoms with van der Waals surface area (Å²) in [4.78, 5) is 27.4. The second-order valence-corrected chi connectivity index (χ2v) is 8.14. The Kier molecular flexibility index (Phi) is 7.73. The summed E-state index contributed by atoms with van der Waals surface area (Å²) in [6.45, 7) is 1.32. The van der Waals surface area contributed by atoms with Gasteiger partial charge in [-0.1, -0.05) is 56.7 Å². The molecule has 0 spiro atoms. The van der Waals surface area contributed by atoms with Gasteiger partial charge in [-0.3, -0.25) is 9.59 Å². The van der Waals surface area contributed by atoms with E-state index in [-0.39, 0.29) is 23.7 Å². The van der Waals surface area contributed by atoms with E-state index in [1.807, 2.05) is 35.2 Å². The van der Waals surface area contributed by atoms with Crippen LogP contribution >= 0.6 is 0 Å². The molecule has 0 atom stereocenters. The number of nitrogens with zero attached hydrogens (tertiary/aromatic N) is 1. The van der Waals surface area contributed by atoms with Crippen LogP contribution in [0, 0.1) is 11.8 Å². The smallest absolute Gasteiger partial charge is 0.230 e. The fourth-order valence-corrected chi connectivity index (χ4v) is 4.50. The molecule has 2 aliphatic carbocycles. The molecule has 0 aliphatic heterocycles. The first kappa shape index (κ1) is 19.9. The highest BCUT2D eigenvalue weighted by molar-refractivity contribution is 5.95. The zero-order valence-corrected chi connectivity index (χ0v) is 16.5. The standard InChI is InChI=1S/C23H34N2O2/c26-22(19-11-4-1-5-12-19)24-17-10-18-25(21-15-8-3-9-16-21)23(27)20-13-6-2-7-14-20/h3,8-9,15-16,19-20H,1-2,4-7,10-14,17-18H2,(H,24,26). The van der Waals surface area contributed by atoms with Crippen molar-refractivity contribution in [1.82, 2.24) is 5.32 Å². The van der Waals surface area contributed by atoms with Crippen LogP contribution in [0.2, 0.25) is 0 Å². The zero-order chi connectivity index (χ0) is 18.9. The Morgan fingerprint density at radius 3 is 2.07 bits per heavy atom. The van der Waals surface area contributed by atoms with Gasteiger partial charge in [0, 0.05) is 30.6 Å². The second kappa shape index (κ2) is 10.5. The van der Waals surface area contributed by atoms with E-state index >= 15 is 0 Å². The van der Waals surface area contributed by atoms with Crippen molar-refractivity contribution in [2.75, 3.05) is 18.0 Å². The quantitative estimate of drug-likeness (QED) is 0.708. The Hall–Kier alpha value is -1.84. The largest absolute Gasteiger partial charge is 0.356 e. The molecule has 3 rings (SSSR count). The minimum Gasteiger partial charge on any atom is -0.356 e. The average Bonchev–Trinajstić information content (AvgIpc) is 2.75. The van der Waals surface area contributed by atoms with E-state index in [9.17, 15) is 9.59 Å². The molecule has 4 heteroatoms. The molecule has 4 nitrogen and oxygen atoms in total. The molecule has 2 saturated carbocycles. The van der Waals surface area contributed by atoms with Crippen molar-refractivity contribution in [3.8, 4) is 0 Å². The van der Waals surface area contributed by atoms with Gasteiger partial charge < -0.3 is 10.2 Å². The summed E-state index contributed by atoms with van der Waals surface area (Å²) in [6.07, 6.45) is 12.1. The number of hydrogen-bond donors (Lipinski definition) is 1. The number of para-hydroxylation sites is 1. The summed E-state index contributed by atoms with van der Waals surface area (Å²) < 4.78 is 0. The van der Waals surface area contributed by atoms with Gasteiger partial charge in [-0.15, -0.1) is 0 Å². The van der Waals surface area contributed by atoms with E-state index in [0.717, 1.165) is 50.6 Å². The lowest BCUT2D eigenvalue weighted by Gasteiger charge is -2.29. The van der Waals surface area contributed by atoms with Crippen LogP contribution in [0.5, 0.6) is 0 Å². The van der Waals surface area contributed by atoms with E-state index < -0.39 is 0 Å². The molecule has 2 amide bonds. The first-order chi connectivity index (χ1) is 13.3. The highest BCUT2D eigenvalue weighted by Gasteiger charge is 2.27. The van der Waals surface area contributed by atoms with Gasteiger partial charge >= 0.3 is 0 Å². The molecule has 27 heavy (non-hydrogen) atoms. The molecule has 2 fully saturated rings. The number of carbonyl (C=O) groups is 2. The molecule has 1 aromatic carbocycles. The van der Waals surface area contributed by atoms with Crippen LogP contribution in [0.3, 0.4) is 0 Å². The average molecular weight is 371 g/mol. The van der Waals surface area contributed by atoms with Crippen LogP contribution < -0.4 is 10.2 Å². The van der Waals surface area contributed by atoms with Crippen molar-refractivity contribution in [3.63, 3.8) is 0 Å². The van der Waals surface area contributed by atoms with Crippen molar-refractivity contribution >= 4 is 17.5 Å². The van der Waals surface area contributed by atoms with Crippen molar-refractivity contribution < 1.29 is 9.59 Å². The third-order valence-corrected chi connectivity index (χ3v) is 6.12. The lowest BCUT2D eigenvalue weighted by Crippen LogP contribution is -2.39. The van der Waals surface area contributed by atoms with E-state index in [1.54, 1.807) is 0 Å². The molecule has 0 saturated heterocycles. The topological polar surface area (TPSA) is 49.4 Å². The van der Waals surface area contributed by atoms with Gasteiger partial charge in [0.05, 0.1) is 0 Å². The summed E-state index contributed by atoms with van der Waals surface area (Å²) in [5.74, 6) is 0.836. The molecule has 1 aromatic rings. The maximum Gasteiger partial charge on any atom is 0.230 e. The number of nitrogens with one attached hydrogen (secondary N) is 1. The van der Waals surface area contributed by atoms with Crippen LogP contribution in [0.1, 0.15) is 70.6 Å². The third kappa shape index (κ3) is 5.82. The van der Waals surface area contributed by atoms with E-state index in [1.165, 1.54) is 25.7 Å². The molecular weight excluding hydrogens is 336 g/mol. The van der Waals surface area contributed by atoms with Crippen LogP contribution in [-0.4, -0.2) is 24.9 Å². The number of hydrogen-bond acceptors (Lipinski definition) is 2. The Bertz CT molecular complexity index is 590. The van der Waals surface area contributed by atoms with Gasteiger partial charge in [-0.05, 0) is 44.2 Å².